The van der Waals surface area contributed by atoms with Crippen LogP contribution < -0.4 is 10.3 Å². The molecule has 0 radical (unpaired) electrons. The first-order valence-corrected chi connectivity index (χ1v) is 12.4. The molecule has 3 heterocycles. The van der Waals surface area contributed by atoms with E-state index in [9.17, 15) is 14.4 Å². The van der Waals surface area contributed by atoms with Crippen molar-refractivity contribution < 1.29 is 14.3 Å². The van der Waals surface area contributed by atoms with Crippen LogP contribution in [0.4, 0.5) is 0 Å². The molecule has 1 saturated heterocycles. The number of piperazine rings is 1. The van der Waals surface area contributed by atoms with Gasteiger partial charge in [0.15, 0.2) is 5.78 Å². The number of carbonyl (C=O) groups excluding carboxylic acids is 2. The van der Waals surface area contributed by atoms with Gasteiger partial charge in [-0.25, -0.2) is 0 Å². The topological polar surface area (TPSA) is 89.7 Å². The van der Waals surface area contributed by atoms with Crippen molar-refractivity contribution in [1.29, 1.82) is 0 Å². The SMILES string of the molecule is CCn1cc(C(=O)N2CCN(CC(=O)c3ccc(OC)cc3)CC2)c2nn(-c3ccccc3)c(=O)c-2c1. The third kappa shape index (κ3) is 4.90. The van der Waals surface area contributed by atoms with Gasteiger partial charge in [-0.1, -0.05) is 18.2 Å². The average molecular weight is 500 g/mol. The molecule has 5 rings (SSSR count). The molecular weight excluding hydrogens is 470 g/mol. The van der Waals surface area contributed by atoms with Crippen molar-refractivity contribution in [2.24, 2.45) is 0 Å². The van der Waals surface area contributed by atoms with E-state index in [1.165, 1.54) is 4.68 Å². The number of aryl methyl sites for hydroxylation is 1. The van der Waals surface area contributed by atoms with Gasteiger partial charge < -0.3 is 14.2 Å². The Kier molecular flexibility index (Phi) is 6.87. The van der Waals surface area contributed by atoms with Crippen LogP contribution in [0.2, 0.25) is 0 Å². The summed E-state index contributed by atoms with van der Waals surface area (Å²) in [4.78, 5) is 43.3. The van der Waals surface area contributed by atoms with E-state index >= 15 is 0 Å². The van der Waals surface area contributed by atoms with E-state index in [4.69, 9.17) is 4.74 Å². The molecule has 190 valence electrons. The first-order chi connectivity index (χ1) is 18.0. The van der Waals surface area contributed by atoms with E-state index in [-0.39, 0.29) is 17.2 Å². The van der Waals surface area contributed by atoms with E-state index in [1.807, 2.05) is 41.8 Å². The summed E-state index contributed by atoms with van der Waals surface area (Å²) in [6.07, 6.45) is 3.52. The summed E-state index contributed by atoms with van der Waals surface area (Å²) < 4.78 is 8.35. The highest BCUT2D eigenvalue weighted by molar-refractivity contribution is 6.00. The van der Waals surface area contributed by atoms with Crippen LogP contribution in [0.25, 0.3) is 16.9 Å². The van der Waals surface area contributed by atoms with Crippen molar-refractivity contribution in [3.63, 3.8) is 0 Å². The van der Waals surface area contributed by atoms with E-state index in [1.54, 1.807) is 48.7 Å². The zero-order chi connectivity index (χ0) is 25.9. The lowest BCUT2D eigenvalue weighted by Crippen LogP contribution is -2.50. The van der Waals surface area contributed by atoms with Crippen LogP contribution in [-0.4, -0.2) is 75.7 Å². The molecule has 1 amide bonds. The van der Waals surface area contributed by atoms with Gasteiger partial charge in [-0.2, -0.15) is 9.78 Å². The van der Waals surface area contributed by atoms with Crippen molar-refractivity contribution in [2.75, 3.05) is 39.8 Å². The molecule has 0 unspecified atom stereocenters. The fourth-order valence-corrected chi connectivity index (χ4v) is 4.59. The second-order valence-electron chi connectivity index (χ2n) is 9.04. The maximum Gasteiger partial charge on any atom is 0.282 e. The van der Waals surface area contributed by atoms with Gasteiger partial charge in [-0.05, 0) is 43.3 Å². The minimum atomic E-state index is -0.250. The normalized spacial score (nSPS) is 14.2. The molecular formula is C28H29N5O4. The molecule has 37 heavy (non-hydrogen) atoms. The smallest absolute Gasteiger partial charge is 0.282 e. The van der Waals surface area contributed by atoms with Crippen LogP contribution in [0.3, 0.4) is 0 Å². The van der Waals surface area contributed by atoms with Gasteiger partial charge in [0.1, 0.15) is 11.4 Å². The maximum absolute atomic E-state index is 13.6. The number of fused-ring (bicyclic) bond motifs is 1. The third-order valence-electron chi connectivity index (χ3n) is 6.76. The molecule has 0 aromatic heterocycles. The molecule has 0 saturated carbocycles. The Morgan fingerprint density at radius 3 is 2.30 bits per heavy atom. The lowest BCUT2D eigenvalue weighted by Gasteiger charge is -2.34. The van der Waals surface area contributed by atoms with Crippen LogP contribution in [0.15, 0.2) is 71.8 Å². The van der Waals surface area contributed by atoms with Crippen molar-refractivity contribution in [3.05, 3.63) is 88.5 Å². The number of para-hydroxylation sites is 1. The molecule has 0 atom stereocenters. The van der Waals surface area contributed by atoms with Gasteiger partial charge in [0.25, 0.3) is 11.5 Å². The first kappa shape index (κ1) is 24.5. The maximum atomic E-state index is 13.6. The molecule has 2 aromatic rings. The first-order valence-electron chi connectivity index (χ1n) is 12.4. The molecule has 0 spiro atoms. The molecule has 3 aliphatic rings. The van der Waals surface area contributed by atoms with E-state index in [0.717, 1.165) is 0 Å². The number of rotatable bonds is 7. The number of benzene rings is 2. The summed E-state index contributed by atoms with van der Waals surface area (Å²) in [6, 6.07) is 16.3. The fourth-order valence-electron chi connectivity index (χ4n) is 4.59. The van der Waals surface area contributed by atoms with Crippen LogP contribution >= 0.6 is 0 Å². The predicted octanol–water partition coefficient (Wildman–Crippen LogP) is 2.81. The Morgan fingerprint density at radius 1 is 0.946 bits per heavy atom. The minimum absolute atomic E-state index is 0.0330. The second-order valence-corrected chi connectivity index (χ2v) is 9.04. The highest BCUT2D eigenvalue weighted by atomic mass is 16.5. The molecule has 0 aliphatic carbocycles. The number of nitrogens with zero attached hydrogens (tertiary/aromatic N) is 5. The lowest BCUT2D eigenvalue weighted by atomic mass is 10.1. The highest BCUT2D eigenvalue weighted by Gasteiger charge is 2.29. The summed E-state index contributed by atoms with van der Waals surface area (Å²) in [5, 5.41) is 4.55. The van der Waals surface area contributed by atoms with Crippen molar-refractivity contribution >= 4 is 11.7 Å². The zero-order valence-corrected chi connectivity index (χ0v) is 21.0. The Balaban J connectivity index is 1.32. The molecule has 1 fully saturated rings. The molecule has 0 bridgehead atoms. The van der Waals surface area contributed by atoms with Crippen LogP contribution in [0.1, 0.15) is 27.6 Å². The van der Waals surface area contributed by atoms with Crippen molar-refractivity contribution in [1.82, 2.24) is 24.1 Å². The van der Waals surface area contributed by atoms with E-state index < -0.39 is 0 Å². The molecule has 0 N–H and O–H groups in total. The van der Waals surface area contributed by atoms with Crippen molar-refractivity contribution in [2.45, 2.75) is 13.5 Å². The van der Waals surface area contributed by atoms with Crippen LogP contribution in [0, 0.1) is 0 Å². The number of amides is 1. The van der Waals surface area contributed by atoms with Gasteiger partial charge in [0.2, 0.25) is 0 Å². The summed E-state index contributed by atoms with van der Waals surface area (Å²) in [5.74, 6) is 0.582. The van der Waals surface area contributed by atoms with E-state index in [0.29, 0.717) is 73.1 Å². The third-order valence-corrected chi connectivity index (χ3v) is 6.76. The Bertz CT molecular complexity index is 1430. The number of hydrogen-bond acceptors (Lipinski definition) is 6. The number of carbonyl (C=O) groups is 2. The summed E-state index contributed by atoms with van der Waals surface area (Å²) in [5.41, 5.74) is 2.27. The summed E-state index contributed by atoms with van der Waals surface area (Å²) in [7, 11) is 1.59. The molecule has 3 aliphatic heterocycles. The second kappa shape index (κ2) is 10.4. The Morgan fingerprint density at radius 2 is 1.65 bits per heavy atom. The Labute approximate surface area is 214 Å². The number of pyridine rings is 1. The number of ketones is 1. The van der Waals surface area contributed by atoms with Gasteiger partial charge in [0, 0.05) is 50.7 Å². The van der Waals surface area contributed by atoms with Gasteiger partial charge in [-0.3, -0.25) is 19.3 Å². The van der Waals surface area contributed by atoms with Gasteiger partial charge in [0.05, 0.1) is 30.5 Å². The van der Waals surface area contributed by atoms with Crippen LogP contribution in [0.5, 0.6) is 5.75 Å². The zero-order valence-electron chi connectivity index (χ0n) is 21.0. The van der Waals surface area contributed by atoms with Crippen LogP contribution in [-0.2, 0) is 6.54 Å². The van der Waals surface area contributed by atoms with E-state index in [2.05, 4.69) is 10.00 Å². The Hall–Kier alpha value is -4.24. The highest BCUT2D eigenvalue weighted by Crippen LogP contribution is 2.24. The molecule has 2 aromatic carbocycles. The number of hydrogen-bond donors (Lipinski definition) is 0. The predicted molar refractivity (Wildman–Crippen MR) is 140 cm³/mol. The van der Waals surface area contributed by atoms with Gasteiger partial charge in [-0.15, -0.1) is 0 Å². The minimum Gasteiger partial charge on any atom is -0.497 e. The quantitative estimate of drug-likeness (QED) is 0.363. The standard InChI is InChI=1S/C28H29N5O4/c1-3-30-17-23(26-24(18-30)28(36)33(29-26)21-7-5-4-6-8-21)27(35)32-15-13-31(14-16-32)19-25(34)20-9-11-22(37-2)12-10-20/h4-12,17-18H,3,13-16,19H2,1-2H3. The average Bonchev–Trinajstić information content (AvgIpc) is 3.29. The molecule has 9 heteroatoms. The lowest BCUT2D eigenvalue weighted by molar-refractivity contribution is 0.0624. The summed E-state index contributed by atoms with van der Waals surface area (Å²) >= 11 is 0. The fraction of sp³-hybridized carbons (Fsp3) is 0.286. The number of aromatic nitrogens is 3. The number of Topliss-reactive ketones (excluding diaryl/α,β-unsaturated/α-hetero) is 1. The van der Waals surface area contributed by atoms with Crippen molar-refractivity contribution in [3.8, 4) is 22.7 Å². The number of methoxy groups -OCH3 is 1. The summed E-state index contributed by atoms with van der Waals surface area (Å²) in [6.45, 7) is 5.02. The van der Waals surface area contributed by atoms with Gasteiger partial charge >= 0.3 is 0 Å². The monoisotopic (exact) mass is 499 g/mol. The number of ether oxygens (including phenoxy) is 1. The largest absolute Gasteiger partial charge is 0.497 e. The molecule has 9 nitrogen and oxygen atoms in total.